The molecule has 0 atom stereocenters. The molecule has 0 aliphatic carbocycles. The van der Waals surface area contributed by atoms with E-state index in [1.807, 2.05) is 44.4 Å². The number of nitrogens with two attached hydrogens (primary N) is 1. The molecule has 3 aromatic rings. The summed E-state index contributed by atoms with van der Waals surface area (Å²) in [6.07, 6.45) is 3.12. The van der Waals surface area contributed by atoms with Crippen LogP contribution in [0.25, 0.3) is 11.3 Å². The molecule has 0 bridgehead atoms. The molecule has 1 saturated heterocycles. The van der Waals surface area contributed by atoms with Crippen molar-refractivity contribution in [3.8, 4) is 11.3 Å². The smallest absolute Gasteiger partial charge is 0.410 e. The van der Waals surface area contributed by atoms with Gasteiger partial charge in [-0.2, -0.15) is 0 Å². The molecule has 1 fully saturated rings. The van der Waals surface area contributed by atoms with Crippen molar-refractivity contribution in [1.82, 2.24) is 19.8 Å². The number of anilines is 3. The Morgan fingerprint density at radius 3 is 2.59 bits per heavy atom. The highest BCUT2D eigenvalue weighted by molar-refractivity contribution is 7.80. The van der Waals surface area contributed by atoms with E-state index in [-0.39, 0.29) is 6.09 Å². The van der Waals surface area contributed by atoms with Gasteiger partial charge in [0.25, 0.3) is 0 Å². The summed E-state index contributed by atoms with van der Waals surface area (Å²) in [5.41, 5.74) is 9.46. The summed E-state index contributed by atoms with van der Waals surface area (Å²) >= 11 is 13.1. The van der Waals surface area contributed by atoms with Gasteiger partial charge in [-0.3, -0.25) is 9.88 Å². The normalized spacial score (nSPS) is 14.3. The Kier molecular flexibility index (Phi) is 8.48. The topological polar surface area (TPSA) is 109 Å². The minimum Gasteiger partial charge on any atom is -0.444 e. The molecule has 0 unspecified atom stereocenters. The Labute approximate surface area is 231 Å². The van der Waals surface area contributed by atoms with E-state index in [9.17, 15) is 4.79 Å². The number of thiocarbonyl (C=S) groups is 1. The number of nitrogens with one attached hydrogen (secondary N) is 2. The summed E-state index contributed by atoms with van der Waals surface area (Å²) in [7, 11) is 0. The predicted octanol–water partition coefficient (Wildman–Crippen LogP) is 5.30. The van der Waals surface area contributed by atoms with Crippen molar-refractivity contribution in [3.05, 3.63) is 51.9 Å². The van der Waals surface area contributed by atoms with Crippen LogP contribution in [-0.4, -0.2) is 62.8 Å². The average Bonchev–Trinajstić information content (AvgIpc) is 3.26. The maximum Gasteiger partial charge on any atom is 0.410 e. The molecule has 12 heteroatoms. The van der Waals surface area contributed by atoms with Gasteiger partial charge in [-0.25, -0.2) is 9.78 Å². The van der Waals surface area contributed by atoms with Crippen LogP contribution < -0.4 is 16.4 Å². The van der Waals surface area contributed by atoms with Crippen LogP contribution in [-0.2, 0) is 11.3 Å². The fourth-order valence-electron chi connectivity index (χ4n) is 3.78. The lowest BCUT2D eigenvalue weighted by Gasteiger charge is -2.35. The molecule has 4 heterocycles. The van der Waals surface area contributed by atoms with Crippen LogP contribution in [0.4, 0.5) is 22.0 Å². The highest BCUT2D eigenvalue weighted by Crippen LogP contribution is 2.33. The number of aromatic nitrogens is 2. The van der Waals surface area contributed by atoms with Gasteiger partial charge in [0.15, 0.2) is 5.11 Å². The lowest BCUT2D eigenvalue weighted by molar-refractivity contribution is 0.0139. The molecule has 37 heavy (non-hydrogen) atoms. The molecule has 9 nitrogen and oxygen atoms in total. The van der Waals surface area contributed by atoms with Crippen molar-refractivity contribution < 1.29 is 9.53 Å². The van der Waals surface area contributed by atoms with Crippen molar-refractivity contribution in [2.75, 3.05) is 42.5 Å². The third-order valence-corrected chi connectivity index (χ3v) is 6.95. The van der Waals surface area contributed by atoms with Crippen molar-refractivity contribution in [3.63, 3.8) is 0 Å². The monoisotopic (exact) mass is 559 g/mol. The summed E-state index contributed by atoms with van der Waals surface area (Å²) < 4.78 is 6.15. The number of nitrogens with zero attached hydrogens (tertiary/aromatic N) is 4. The SMILES string of the molecule is CC(C)(C)OC(=O)N1CCN(Cc2ccnc(NC(=S)Nc3cnc(-c4ccsc4Cl)cc3N)c2)CC1. The fraction of sp³-hybridized carbons (Fsp3) is 0.360. The Hall–Kier alpha value is -2.99. The number of piperazine rings is 1. The van der Waals surface area contributed by atoms with Crippen LogP contribution in [0.2, 0.25) is 4.34 Å². The lowest BCUT2D eigenvalue weighted by atomic mass is 10.2. The molecule has 0 radical (unpaired) electrons. The number of thiophene rings is 1. The van der Waals surface area contributed by atoms with Crippen LogP contribution >= 0.6 is 35.2 Å². The average molecular weight is 560 g/mol. The first-order valence-corrected chi connectivity index (χ1v) is 13.5. The van der Waals surface area contributed by atoms with Crippen LogP contribution in [0.5, 0.6) is 0 Å². The maximum absolute atomic E-state index is 12.3. The number of carbonyl (C=O) groups excluding carboxylic acids is 1. The number of nitrogen functional groups attached to an aromatic ring is 1. The van der Waals surface area contributed by atoms with E-state index < -0.39 is 5.60 Å². The molecule has 4 rings (SSSR count). The van der Waals surface area contributed by atoms with E-state index >= 15 is 0 Å². The summed E-state index contributed by atoms with van der Waals surface area (Å²) in [5, 5.41) is 8.45. The van der Waals surface area contributed by atoms with Crippen LogP contribution in [0.15, 0.2) is 42.0 Å². The molecular formula is C25H30ClN7O2S2. The molecule has 3 aromatic heterocycles. The maximum atomic E-state index is 12.3. The summed E-state index contributed by atoms with van der Waals surface area (Å²) in [4.78, 5) is 25.2. The Morgan fingerprint density at radius 2 is 1.95 bits per heavy atom. The van der Waals surface area contributed by atoms with E-state index in [0.29, 0.717) is 45.4 Å². The van der Waals surface area contributed by atoms with Gasteiger partial charge in [0.1, 0.15) is 15.8 Å². The van der Waals surface area contributed by atoms with Crippen molar-refractivity contribution in [2.45, 2.75) is 32.9 Å². The van der Waals surface area contributed by atoms with E-state index in [2.05, 4.69) is 25.5 Å². The van der Waals surface area contributed by atoms with Gasteiger partial charge in [-0.05, 0) is 68.2 Å². The Balaban J connectivity index is 1.30. The number of carbonyl (C=O) groups is 1. The summed E-state index contributed by atoms with van der Waals surface area (Å²) in [5.74, 6) is 0.621. The van der Waals surface area contributed by atoms with E-state index in [0.717, 1.165) is 30.8 Å². The largest absolute Gasteiger partial charge is 0.444 e. The quantitative estimate of drug-likeness (QED) is 0.359. The van der Waals surface area contributed by atoms with Gasteiger partial charge in [0, 0.05) is 44.5 Å². The second kappa shape index (κ2) is 11.6. The molecule has 1 amide bonds. The molecule has 0 saturated carbocycles. The number of hydrogen-bond donors (Lipinski definition) is 3. The molecule has 196 valence electrons. The molecule has 4 N–H and O–H groups in total. The minimum atomic E-state index is -0.492. The zero-order valence-electron chi connectivity index (χ0n) is 21.0. The fourth-order valence-corrected chi connectivity index (χ4v) is 4.94. The number of halogens is 1. The van der Waals surface area contributed by atoms with Crippen molar-refractivity contribution in [2.24, 2.45) is 0 Å². The van der Waals surface area contributed by atoms with E-state index in [1.54, 1.807) is 23.4 Å². The van der Waals surface area contributed by atoms with Crippen LogP contribution in [0.1, 0.15) is 26.3 Å². The van der Waals surface area contributed by atoms with E-state index in [4.69, 9.17) is 34.3 Å². The number of ether oxygens (including phenoxy) is 1. The van der Waals surface area contributed by atoms with Gasteiger partial charge >= 0.3 is 6.09 Å². The minimum absolute atomic E-state index is 0.260. The standard InChI is InChI=1S/C25H30ClN7O2S2/c1-25(2,3)35-24(34)33-9-7-32(8-10-33)15-16-4-6-28-21(12-16)31-23(36)30-20-14-29-19(13-18(20)27)17-5-11-37-22(17)26/h4-6,11-14H,7-10,15H2,1-3H3,(H2,27,29)(H2,28,30,31,36). The van der Waals surface area contributed by atoms with Crippen LogP contribution in [0, 0.1) is 0 Å². The van der Waals surface area contributed by atoms with Crippen molar-refractivity contribution >= 4 is 63.6 Å². The second-order valence-corrected chi connectivity index (χ2v) is 11.6. The zero-order valence-corrected chi connectivity index (χ0v) is 23.3. The van der Waals surface area contributed by atoms with Crippen LogP contribution in [0.3, 0.4) is 0 Å². The molecule has 0 spiro atoms. The first-order chi connectivity index (χ1) is 17.6. The third-order valence-electron chi connectivity index (χ3n) is 5.57. The van der Waals surface area contributed by atoms with Crippen molar-refractivity contribution in [1.29, 1.82) is 0 Å². The molecule has 1 aliphatic heterocycles. The number of hydrogen-bond acceptors (Lipinski definition) is 8. The van der Waals surface area contributed by atoms with E-state index in [1.165, 1.54) is 11.3 Å². The number of rotatable bonds is 5. The van der Waals surface area contributed by atoms with Gasteiger partial charge in [0.2, 0.25) is 0 Å². The highest BCUT2D eigenvalue weighted by Gasteiger charge is 2.25. The number of amides is 1. The van der Waals surface area contributed by atoms with Gasteiger partial charge < -0.3 is 26.0 Å². The summed E-state index contributed by atoms with van der Waals surface area (Å²) in [6, 6.07) is 7.60. The molecule has 1 aliphatic rings. The highest BCUT2D eigenvalue weighted by atomic mass is 35.5. The lowest BCUT2D eigenvalue weighted by Crippen LogP contribution is -2.49. The first-order valence-electron chi connectivity index (χ1n) is 11.8. The molecule has 0 aromatic carbocycles. The second-order valence-electron chi connectivity index (χ2n) is 9.64. The van der Waals surface area contributed by atoms with Gasteiger partial charge in [-0.1, -0.05) is 11.6 Å². The molecular weight excluding hydrogens is 530 g/mol. The predicted molar refractivity (Wildman–Crippen MR) is 154 cm³/mol. The summed E-state index contributed by atoms with van der Waals surface area (Å²) in [6.45, 7) is 9.16. The van der Waals surface area contributed by atoms with Gasteiger partial charge in [0.05, 0.1) is 23.3 Å². The zero-order chi connectivity index (χ0) is 26.6. The Morgan fingerprint density at radius 1 is 1.19 bits per heavy atom. The number of pyridine rings is 2. The van der Waals surface area contributed by atoms with Gasteiger partial charge in [-0.15, -0.1) is 11.3 Å². The first kappa shape index (κ1) is 27.1. The third kappa shape index (κ3) is 7.51. The Bertz CT molecular complexity index is 1270.